The van der Waals surface area contributed by atoms with E-state index in [1.54, 1.807) is 0 Å². The molecule has 0 fully saturated rings. The first-order chi connectivity index (χ1) is 6.00. The van der Waals surface area contributed by atoms with E-state index in [2.05, 4.69) is 0 Å². The van der Waals surface area contributed by atoms with Crippen molar-refractivity contribution in [2.45, 2.75) is 0 Å². The third kappa shape index (κ3) is 2220. The van der Waals surface area contributed by atoms with Crippen LogP contribution in [0.5, 0.6) is 0 Å². The van der Waals surface area contributed by atoms with Crippen molar-refractivity contribution in [2.75, 3.05) is 0 Å². The Bertz CT molecular complexity index is 91.3. The summed E-state index contributed by atoms with van der Waals surface area (Å²) < 4.78 is 0. The molecule has 0 amide bonds. The minimum Gasteiger partial charge on any atom is -0.794 e. The van der Waals surface area contributed by atoms with E-state index in [0.717, 1.165) is 0 Å². The molecule has 0 radical (unpaired) electrons. The molecule has 0 saturated heterocycles. The monoisotopic (exact) mass is 310 g/mol. The Kier molecular flexibility index (Phi) is 16.4. The fourth-order valence-corrected chi connectivity index (χ4v) is 0. The van der Waals surface area contributed by atoms with Crippen LogP contribution >= 0.6 is 0 Å². The molecule has 16 heteroatoms. The molecule has 0 aliphatic heterocycles. The molecule has 12 nitrogen and oxygen atoms in total. The van der Waals surface area contributed by atoms with Crippen molar-refractivity contribution < 1.29 is 87.1 Å². The van der Waals surface area contributed by atoms with Crippen LogP contribution in [0.3, 0.4) is 0 Å². The maximum Gasteiger partial charge on any atom is 1.00 e. The Balaban J connectivity index is -0.0000000655. The van der Waals surface area contributed by atoms with E-state index in [0.29, 0.717) is 0 Å². The van der Waals surface area contributed by atoms with Gasteiger partial charge in [0.15, 0.2) is 0 Å². The number of hydrogen-bond acceptors (Lipinski definition) is 12. The van der Waals surface area contributed by atoms with Gasteiger partial charge in [-0.05, 0) is 0 Å². The van der Waals surface area contributed by atoms with Crippen LogP contribution in [0, 0.1) is 0 Å². The third-order valence-electron chi connectivity index (χ3n) is 0. The smallest absolute Gasteiger partial charge is 0.794 e. The molecule has 0 saturated carbocycles. The van der Waals surface area contributed by atoms with Gasteiger partial charge < -0.3 is 57.5 Å². The molecule has 0 aromatic heterocycles. The zero-order valence-corrected chi connectivity index (χ0v) is 12.8. The van der Waals surface area contributed by atoms with E-state index < -0.39 is 27.1 Å². The maximum absolute atomic E-state index is 8.91. The summed E-state index contributed by atoms with van der Waals surface area (Å²) in [6, 6.07) is 0. The summed E-state index contributed by atoms with van der Waals surface area (Å²) >= 11 is 0. The zero-order valence-electron chi connectivity index (χ0n) is 7.83. The predicted molar refractivity (Wildman–Crippen MR) is 41.7 cm³/mol. The number of hydrogen-bond donors (Lipinski definition) is 11. The Labute approximate surface area is 114 Å². The molecule has 0 aromatic carbocycles. The van der Waals surface area contributed by atoms with Crippen LogP contribution in [0.25, 0.3) is 0 Å². The Morgan fingerprint density at radius 1 is 0.500 bits per heavy atom. The van der Waals surface area contributed by atoms with Gasteiger partial charge in [-0.25, -0.2) is 0 Å². The molecule has 0 bridgehead atoms. The summed E-state index contributed by atoms with van der Waals surface area (Å²) in [5.41, 5.74) is 0. The van der Waals surface area contributed by atoms with Gasteiger partial charge in [0.25, 0.3) is 0 Å². The Morgan fingerprint density at radius 3 is 0.500 bits per heavy atom. The second-order valence-electron chi connectivity index (χ2n) is 1.77. The molecule has 0 aromatic rings. The molecule has 0 aliphatic carbocycles. The van der Waals surface area contributed by atoms with Gasteiger partial charge in [-0.2, -0.15) is 0 Å². The SMILES string of the molecule is O[Si](O)(O)O.O[Si](O)(O)O.[Na+].[O-][Si](O)(O)O. The normalized spacial score (nSPS) is 11.2. The van der Waals surface area contributed by atoms with Crippen LogP contribution in [0.1, 0.15) is 0 Å². The molecule has 0 unspecified atom stereocenters. The molecule has 0 atom stereocenters. The fraction of sp³-hybridized carbons (Fsp3) is 0. The Hall–Kier alpha value is 1.17. The van der Waals surface area contributed by atoms with Crippen molar-refractivity contribution in [3.05, 3.63) is 0 Å². The molecule has 16 heavy (non-hydrogen) atoms. The van der Waals surface area contributed by atoms with Crippen LogP contribution in [0.2, 0.25) is 0 Å². The second-order valence-corrected chi connectivity index (χ2v) is 5.32. The van der Waals surface area contributed by atoms with Gasteiger partial charge in [0.05, 0.1) is 0 Å². The molecule has 0 aliphatic rings. The van der Waals surface area contributed by atoms with Crippen LogP contribution in [0.15, 0.2) is 0 Å². The van der Waals surface area contributed by atoms with Gasteiger partial charge >= 0.3 is 56.7 Å². The molecule has 0 rings (SSSR count). The van der Waals surface area contributed by atoms with E-state index in [9.17, 15) is 0 Å². The number of rotatable bonds is 0. The third-order valence-corrected chi connectivity index (χ3v) is 0. The topological polar surface area (TPSA) is 246 Å². The molecule has 0 spiro atoms. The second kappa shape index (κ2) is 10.1. The first-order valence-corrected chi connectivity index (χ1v) is 7.99. The maximum atomic E-state index is 8.91. The molecular formula is H11NaO12Si3. The zero-order chi connectivity index (χ0) is 13.5. The summed E-state index contributed by atoms with van der Waals surface area (Å²) in [5, 5.41) is 0. The van der Waals surface area contributed by atoms with E-state index in [4.69, 9.17) is 57.5 Å². The van der Waals surface area contributed by atoms with Crippen molar-refractivity contribution in [2.24, 2.45) is 0 Å². The largest absolute Gasteiger partial charge is 1.00 e. The van der Waals surface area contributed by atoms with Crippen LogP contribution in [-0.2, 0) is 0 Å². The van der Waals surface area contributed by atoms with Crippen molar-refractivity contribution in [3.63, 3.8) is 0 Å². The van der Waals surface area contributed by atoms with Gasteiger partial charge in [0.1, 0.15) is 0 Å². The molecule has 96 valence electrons. The summed E-state index contributed by atoms with van der Waals surface area (Å²) in [6.07, 6.45) is 0. The summed E-state index contributed by atoms with van der Waals surface area (Å²) in [4.78, 5) is 89.2. The molecule has 0 heterocycles. The van der Waals surface area contributed by atoms with Gasteiger partial charge in [-0.1, -0.05) is 0 Å². The minimum atomic E-state index is -4.86. The van der Waals surface area contributed by atoms with E-state index >= 15 is 0 Å². The average molecular weight is 310 g/mol. The van der Waals surface area contributed by atoms with E-state index in [1.807, 2.05) is 0 Å². The summed E-state index contributed by atoms with van der Waals surface area (Å²) in [7, 11) is -14.1. The molecule has 11 N–H and O–H groups in total. The van der Waals surface area contributed by atoms with Crippen LogP contribution in [-0.4, -0.2) is 79.9 Å². The van der Waals surface area contributed by atoms with Gasteiger partial charge in [0.2, 0.25) is 0 Å². The van der Waals surface area contributed by atoms with Gasteiger partial charge in [-0.15, -0.1) is 0 Å². The first-order valence-electron chi connectivity index (χ1n) is 2.66. The van der Waals surface area contributed by atoms with Crippen LogP contribution < -0.4 is 34.4 Å². The van der Waals surface area contributed by atoms with Crippen molar-refractivity contribution in [1.82, 2.24) is 0 Å². The summed E-state index contributed by atoms with van der Waals surface area (Å²) in [5.74, 6) is 0. The first kappa shape index (κ1) is 25.9. The van der Waals surface area contributed by atoms with Gasteiger partial charge in [-0.3, -0.25) is 0 Å². The predicted octanol–water partition coefficient (Wildman–Crippen LogP) is -11.5. The van der Waals surface area contributed by atoms with Gasteiger partial charge in [0, 0.05) is 0 Å². The van der Waals surface area contributed by atoms with Crippen molar-refractivity contribution >= 4 is 27.1 Å². The van der Waals surface area contributed by atoms with E-state index in [-0.39, 0.29) is 29.6 Å². The van der Waals surface area contributed by atoms with Crippen molar-refractivity contribution in [3.8, 4) is 0 Å². The van der Waals surface area contributed by atoms with E-state index in [1.165, 1.54) is 0 Å². The quantitative estimate of drug-likeness (QED) is 0.187. The summed E-state index contributed by atoms with van der Waals surface area (Å²) in [6.45, 7) is 0. The molecular weight excluding hydrogens is 299 g/mol. The van der Waals surface area contributed by atoms with Crippen molar-refractivity contribution in [1.29, 1.82) is 0 Å². The van der Waals surface area contributed by atoms with Crippen LogP contribution in [0.4, 0.5) is 0 Å². The Morgan fingerprint density at radius 2 is 0.500 bits per heavy atom. The standard InChI is InChI=1S/Na.2H4O4Si.H3O4Si/c;3*1-5(2,3)4/h;2*1-4H;1-3H/q+1;;;-1. The minimum absolute atomic E-state index is 0. The average Bonchev–Trinajstić information content (AvgIpc) is 1.41. The fourth-order valence-electron chi connectivity index (χ4n) is 0.